The van der Waals surface area contributed by atoms with Crippen molar-refractivity contribution in [3.8, 4) is 11.1 Å². The van der Waals surface area contributed by atoms with Crippen molar-refractivity contribution in [3.05, 3.63) is 125 Å². The third-order valence-electron chi connectivity index (χ3n) is 8.81. The summed E-state index contributed by atoms with van der Waals surface area (Å²) in [4.78, 5) is 19.1. The summed E-state index contributed by atoms with van der Waals surface area (Å²) in [7, 11) is 0. The lowest BCUT2D eigenvalue weighted by molar-refractivity contribution is -0.276. The van der Waals surface area contributed by atoms with Gasteiger partial charge < -0.3 is 24.8 Å². The number of nitrogens with one attached hydrogen (secondary N) is 1. The first-order valence-electron chi connectivity index (χ1n) is 15.7. The Morgan fingerprint density at radius 2 is 1.66 bits per heavy atom. The number of aliphatic hydroxyl groups is 1. The Labute approximate surface area is 259 Å². The van der Waals surface area contributed by atoms with Crippen molar-refractivity contribution in [3.63, 3.8) is 0 Å². The molecule has 0 saturated carbocycles. The minimum atomic E-state index is -0.509. The molecule has 0 bridgehead atoms. The molecule has 3 aromatic carbocycles. The molecule has 0 aliphatic carbocycles. The Morgan fingerprint density at radius 3 is 2.41 bits per heavy atom. The van der Waals surface area contributed by atoms with Gasteiger partial charge in [0.15, 0.2) is 6.29 Å². The van der Waals surface area contributed by atoms with Gasteiger partial charge in [-0.2, -0.15) is 0 Å². The fourth-order valence-corrected chi connectivity index (χ4v) is 6.23. The molecular formula is C37H41N3O4. The van der Waals surface area contributed by atoms with E-state index in [-0.39, 0.29) is 30.6 Å². The molecule has 0 radical (unpaired) electrons. The van der Waals surface area contributed by atoms with Crippen LogP contribution in [0, 0.1) is 5.92 Å². The molecule has 2 aliphatic heterocycles. The predicted octanol–water partition coefficient (Wildman–Crippen LogP) is 6.45. The molecule has 2 aliphatic rings. The van der Waals surface area contributed by atoms with Crippen molar-refractivity contribution in [2.45, 2.75) is 57.8 Å². The fraction of sp³-hybridized carbons (Fsp3) is 0.351. The normalized spacial score (nSPS) is 22.4. The van der Waals surface area contributed by atoms with Crippen molar-refractivity contribution < 1.29 is 19.4 Å². The zero-order chi connectivity index (χ0) is 30.3. The van der Waals surface area contributed by atoms with Crippen LogP contribution in [0.2, 0.25) is 0 Å². The summed E-state index contributed by atoms with van der Waals surface area (Å²) < 4.78 is 13.5. The van der Waals surface area contributed by atoms with Gasteiger partial charge >= 0.3 is 0 Å². The molecule has 1 aromatic heterocycles. The maximum atomic E-state index is 12.5. The second-order valence-electron chi connectivity index (χ2n) is 11.9. The van der Waals surface area contributed by atoms with Crippen molar-refractivity contribution in [2.24, 2.45) is 5.92 Å². The molecule has 228 valence electrons. The zero-order valence-corrected chi connectivity index (χ0v) is 25.3. The largest absolute Gasteiger partial charge is 0.392 e. The van der Waals surface area contributed by atoms with Crippen molar-refractivity contribution in [1.82, 2.24) is 15.2 Å². The Bertz CT molecular complexity index is 1520. The van der Waals surface area contributed by atoms with E-state index in [0.717, 1.165) is 53.0 Å². The van der Waals surface area contributed by atoms with E-state index >= 15 is 0 Å². The van der Waals surface area contributed by atoms with Crippen molar-refractivity contribution >= 4 is 5.91 Å². The second-order valence-corrected chi connectivity index (χ2v) is 11.9. The summed E-state index contributed by atoms with van der Waals surface area (Å²) in [6.07, 6.45) is 6.38. The zero-order valence-electron chi connectivity index (χ0n) is 25.3. The van der Waals surface area contributed by atoms with E-state index in [1.807, 2.05) is 24.3 Å². The maximum absolute atomic E-state index is 12.5. The van der Waals surface area contributed by atoms with E-state index in [2.05, 4.69) is 70.7 Å². The van der Waals surface area contributed by atoms with Crippen molar-refractivity contribution in [2.75, 3.05) is 19.6 Å². The molecule has 2 N–H and O–H groups in total. The summed E-state index contributed by atoms with van der Waals surface area (Å²) in [5, 5.41) is 12.6. The first-order chi connectivity index (χ1) is 21.6. The Hall–Kier alpha value is -3.88. The average Bonchev–Trinajstić information content (AvgIpc) is 3.09. The molecule has 44 heavy (non-hydrogen) atoms. The number of amides is 1. The monoisotopic (exact) mass is 591 g/mol. The van der Waals surface area contributed by atoms with Crippen molar-refractivity contribution in [1.29, 1.82) is 0 Å². The van der Waals surface area contributed by atoms with Crippen LogP contribution in [-0.2, 0) is 22.6 Å². The lowest BCUT2D eigenvalue weighted by Crippen LogP contribution is -2.45. The standard InChI is InChI=1S/C37H41N3O4/c1-26-34(24-40-18-3-2-4-19-40)43-37(44-35(26)29-15-13-27(25-41)14-16-29)32-11-6-10-31(21-32)30-9-5-8-28(20-30)22-39-36(42)33-12-7-17-38-23-33/h5-17,20-21,23,26,34-35,37,41H,2-4,18-19,22,24-25H2,1H3,(H,39,42). The summed E-state index contributed by atoms with van der Waals surface area (Å²) >= 11 is 0. The van der Waals surface area contributed by atoms with Gasteiger partial charge in [0.2, 0.25) is 0 Å². The third kappa shape index (κ3) is 7.25. The van der Waals surface area contributed by atoms with Crippen LogP contribution in [0.25, 0.3) is 11.1 Å². The number of nitrogens with zero attached hydrogens (tertiary/aromatic N) is 2. The van der Waals surface area contributed by atoms with Gasteiger partial charge in [0.25, 0.3) is 5.91 Å². The maximum Gasteiger partial charge on any atom is 0.253 e. The lowest BCUT2D eigenvalue weighted by atomic mass is 9.89. The first-order valence-corrected chi connectivity index (χ1v) is 15.7. The Morgan fingerprint density at radius 1 is 0.886 bits per heavy atom. The van der Waals surface area contributed by atoms with Crippen LogP contribution in [0.15, 0.2) is 97.3 Å². The minimum absolute atomic E-state index is 0.0183. The molecule has 3 heterocycles. The number of aromatic nitrogens is 1. The van der Waals surface area contributed by atoms with Gasteiger partial charge in [-0.05, 0) is 78.0 Å². The molecule has 4 aromatic rings. The molecule has 4 unspecified atom stereocenters. The number of carbonyl (C=O) groups excluding carboxylic acids is 1. The number of ether oxygens (including phenoxy) is 2. The number of pyridine rings is 1. The second kappa shape index (κ2) is 14.3. The number of rotatable bonds is 9. The predicted molar refractivity (Wildman–Crippen MR) is 171 cm³/mol. The summed E-state index contributed by atoms with van der Waals surface area (Å²) in [6, 6.07) is 28.2. The number of hydrogen-bond acceptors (Lipinski definition) is 6. The average molecular weight is 592 g/mol. The highest BCUT2D eigenvalue weighted by Crippen LogP contribution is 2.42. The van der Waals surface area contributed by atoms with Gasteiger partial charge in [0.05, 0.1) is 24.4 Å². The minimum Gasteiger partial charge on any atom is -0.392 e. The van der Waals surface area contributed by atoms with Gasteiger partial charge in [-0.25, -0.2) is 0 Å². The van der Waals surface area contributed by atoms with E-state index in [1.54, 1.807) is 24.5 Å². The lowest BCUT2D eigenvalue weighted by Gasteiger charge is -2.43. The summed E-state index contributed by atoms with van der Waals surface area (Å²) in [6.45, 7) is 5.78. The van der Waals surface area contributed by atoms with E-state index in [9.17, 15) is 9.90 Å². The SMILES string of the molecule is CC1C(CN2CCCCC2)OC(c2cccc(-c3cccc(CNC(=O)c4cccnc4)c3)c2)OC1c1ccc(CO)cc1. The molecule has 0 spiro atoms. The molecular weight excluding hydrogens is 550 g/mol. The number of piperidine rings is 1. The molecule has 4 atom stereocenters. The number of benzene rings is 3. The van der Waals surface area contributed by atoms with E-state index in [1.165, 1.54) is 19.3 Å². The van der Waals surface area contributed by atoms with Crippen LogP contribution in [0.4, 0.5) is 0 Å². The highest BCUT2D eigenvalue weighted by molar-refractivity contribution is 5.93. The first kappa shape index (κ1) is 30.2. The number of carbonyl (C=O) groups is 1. The van der Waals surface area contributed by atoms with Crippen LogP contribution < -0.4 is 5.32 Å². The third-order valence-corrected chi connectivity index (χ3v) is 8.81. The van der Waals surface area contributed by atoms with Crippen LogP contribution >= 0.6 is 0 Å². The molecule has 7 nitrogen and oxygen atoms in total. The van der Waals surface area contributed by atoms with Crippen LogP contribution in [0.1, 0.15) is 71.2 Å². The van der Waals surface area contributed by atoms with Crippen LogP contribution in [-0.4, -0.2) is 46.6 Å². The number of likely N-dealkylation sites (tertiary alicyclic amines) is 1. The smallest absolute Gasteiger partial charge is 0.253 e. The van der Waals surface area contributed by atoms with Gasteiger partial charge in [0, 0.05) is 37.0 Å². The van der Waals surface area contributed by atoms with E-state index in [0.29, 0.717) is 12.1 Å². The summed E-state index contributed by atoms with van der Waals surface area (Å²) in [5.41, 5.74) is 6.64. The van der Waals surface area contributed by atoms with Crippen LogP contribution in [0.5, 0.6) is 0 Å². The number of aliphatic hydroxyl groups excluding tert-OH is 1. The Kier molecular flexibility index (Phi) is 9.78. The molecule has 2 fully saturated rings. The van der Waals surface area contributed by atoms with E-state index < -0.39 is 6.29 Å². The molecule has 6 rings (SSSR count). The fourth-order valence-electron chi connectivity index (χ4n) is 6.23. The van der Waals surface area contributed by atoms with Gasteiger partial charge in [0.1, 0.15) is 0 Å². The molecule has 7 heteroatoms. The summed E-state index contributed by atoms with van der Waals surface area (Å²) in [5.74, 6) is 0.0147. The van der Waals surface area contributed by atoms with Crippen LogP contribution in [0.3, 0.4) is 0 Å². The quantitative estimate of drug-likeness (QED) is 0.233. The van der Waals surface area contributed by atoms with Gasteiger partial charge in [-0.15, -0.1) is 0 Å². The Balaban J connectivity index is 1.22. The molecule has 1 amide bonds. The number of hydrogen-bond donors (Lipinski definition) is 2. The molecule has 2 saturated heterocycles. The topological polar surface area (TPSA) is 83.9 Å². The van der Waals surface area contributed by atoms with Gasteiger partial charge in [-0.3, -0.25) is 9.78 Å². The highest BCUT2D eigenvalue weighted by atomic mass is 16.7. The van der Waals surface area contributed by atoms with Gasteiger partial charge in [-0.1, -0.05) is 74.0 Å². The van der Waals surface area contributed by atoms with E-state index in [4.69, 9.17) is 9.47 Å². The highest BCUT2D eigenvalue weighted by Gasteiger charge is 2.39.